The minimum atomic E-state index is -0.501. The predicted octanol–water partition coefficient (Wildman–Crippen LogP) is 2.31. The average molecular weight is 266 g/mol. The van der Waals surface area contributed by atoms with Gasteiger partial charge < -0.3 is 4.57 Å². The van der Waals surface area contributed by atoms with E-state index in [1.165, 1.54) is 16.8 Å². The molecule has 0 saturated carbocycles. The largest absolute Gasteiger partial charge is 0.324 e. The first kappa shape index (κ1) is 12.3. The molecule has 0 aliphatic carbocycles. The van der Waals surface area contributed by atoms with Crippen molar-refractivity contribution >= 4 is 23.6 Å². The first-order valence-corrected chi connectivity index (χ1v) is 5.38. The summed E-state index contributed by atoms with van der Waals surface area (Å²) in [5.74, 6) is 0.222. The Morgan fingerprint density at radius 3 is 2.94 bits per heavy atom. The third-order valence-corrected chi connectivity index (χ3v) is 2.67. The van der Waals surface area contributed by atoms with Crippen molar-refractivity contribution in [3.05, 3.63) is 57.1 Å². The minimum absolute atomic E-state index is 0.0759. The van der Waals surface area contributed by atoms with Gasteiger partial charge in [-0.25, -0.2) is 4.98 Å². The Balaban J connectivity index is 2.40. The van der Waals surface area contributed by atoms with Crippen molar-refractivity contribution in [3.63, 3.8) is 0 Å². The van der Waals surface area contributed by atoms with Gasteiger partial charge in [-0.1, -0.05) is 11.6 Å². The maximum atomic E-state index is 10.9. The molecule has 18 heavy (non-hydrogen) atoms. The number of halogens is 1. The number of nitro benzene ring substituents is 1. The highest BCUT2D eigenvalue weighted by atomic mass is 35.5. The molecule has 2 aromatic rings. The van der Waals surface area contributed by atoms with E-state index in [1.54, 1.807) is 18.3 Å². The number of nitrogens with zero attached hydrogens (tertiary/aromatic N) is 3. The Kier molecular flexibility index (Phi) is 3.38. The fourth-order valence-electron chi connectivity index (χ4n) is 1.60. The van der Waals surface area contributed by atoms with Crippen molar-refractivity contribution < 1.29 is 9.72 Å². The van der Waals surface area contributed by atoms with Crippen LogP contribution < -0.4 is 0 Å². The summed E-state index contributed by atoms with van der Waals surface area (Å²) in [5, 5.41) is 11.2. The zero-order valence-corrected chi connectivity index (χ0v) is 9.87. The van der Waals surface area contributed by atoms with E-state index in [1.807, 2.05) is 0 Å². The van der Waals surface area contributed by atoms with E-state index in [-0.39, 0.29) is 18.1 Å². The van der Waals surface area contributed by atoms with Gasteiger partial charge in [-0.15, -0.1) is 0 Å². The van der Waals surface area contributed by atoms with Crippen LogP contribution in [0.5, 0.6) is 0 Å². The molecular weight excluding hydrogens is 258 g/mol. The summed E-state index contributed by atoms with van der Waals surface area (Å²) in [7, 11) is 0. The van der Waals surface area contributed by atoms with Crippen LogP contribution >= 0.6 is 11.6 Å². The summed E-state index contributed by atoms with van der Waals surface area (Å²) >= 11 is 5.72. The summed E-state index contributed by atoms with van der Waals surface area (Å²) in [5.41, 5.74) is 0.388. The van der Waals surface area contributed by atoms with Gasteiger partial charge in [0, 0.05) is 29.0 Å². The molecule has 1 aromatic heterocycles. The summed E-state index contributed by atoms with van der Waals surface area (Å²) < 4.78 is 1.53. The number of nitro groups is 1. The smallest absolute Gasteiger partial charge is 0.275 e. The fraction of sp³-hybridized carbons (Fsp3) is 0.0909. The lowest BCUT2D eigenvalue weighted by molar-refractivity contribution is -0.385. The molecule has 0 unspecified atom stereocenters. The lowest BCUT2D eigenvalue weighted by atomic mass is 10.2. The molecule has 0 aliphatic heterocycles. The van der Waals surface area contributed by atoms with Gasteiger partial charge in [-0.3, -0.25) is 14.9 Å². The monoisotopic (exact) mass is 265 g/mol. The van der Waals surface area contributed by atoms with Gasteiger partial charge in [-0.05, 0) is 12.1 Å². The molecule has 6 nitrogen and oxygen atoms in total. The summed E-state index contributed by atoms with van der Waals surface area (Å²) in [6, 6.07) is 4.42. The number of imidazole rings is 1. The third kappa shape index (κ3) is 2.38. The van der Waals surface area contributed by atoms with Crippen LogP contribution in [0.4, 0.5) is 5.69 Å². The summed E-state index contributed by atoms with van der Waals surface area (Å²) in [4.78, 5) is 24.9. The van der Waals surface area contributed by atoms with E-state index in [0.717, 1.165) is 0 Å². The number of hydrogen-bond acceptors (Lipinski definition) is 4. The van der Waals surface area contributed by atoms with Crippen LogP contribution in [-0.2, 0) is 6.54 Å². The van der Waals surface area contributed by atoms with E-state index in [9.17, 15) is 14.9 Å². The van der Waals surface area contributed by atoms with Gasteiger partial charge in [0.2, 0.25) is 0 Å². The van der Waals surface area contributed by atoms with Crippen molar-refractivity contribution in [2.75, 3.05) is 0 Å². The van der Waals surface area contributed by atoms with Crippen molar-refractivity contribution in [1.29, 1.82) is 0 Å². The zero-order valence-electron chi connectivity index (χ0n) is 9.12. The number of benzene rings is 1. The van der Waals surface area contributed by atoms with Gasteiger partial charge in [0.25, 0.3) is 5.69 Å². The minimum Gasteiger partial charge on any atom is -0.324 e. The molecular formula is C11H8ClN3O3. The molecule has 0 spiro atoms. The third-order valence-electron chi connectivity index (χ3n) is 2.44. The quantitative estimate of drug-likeness (QED) is 0.483. The lowest BCUT2D eigenvalue weighted by Gasteiger charge is -2.05. The lowest BCUT2D eigenvalue weighted by Crippen LogP contribution is -2.05. The van der Waals surface area contributed by atoms with Crippen molar-refractivity contribution in [2.45, 2.75) is 6.54 Å². The first-order chi connectivity index (χ1) is 8.61. The molecule has 2 rings (SSSR count). The molecule has 0 radical (unpaired) electrons. The second-order valence-electron chi connectivity index (χ2n) is 3.56. The van der Waals surface area contributed by atoms with Crippen molar-refractivity contribution in [1.82, 2.24) is 9.55 Å². The molecule has 0 saturated heterocycles. The molecule has 1 aromatic carbocycles. The molecule has 0 aliphatic rings. The highest BCUT2D eigenvalue weighted by Gasteiger charge is 2.15. The fourth-order valence-corrected chi connectivity index (χ4v) is 1.76. The van der Waals surface area contributed by atoms with Gasteiger partial charge in [-0.2, -0.15) is 0 Å². The standard InChI is InChI=1S/C11H8ClN3O3/c12-9-2-1-8(10(5-9)15(17)18)6-14-4-3-13-11(14)7-16/h1-5,7H,6H2. The molecule has 0 atom stereocenters. The number of hydrogen-bond donors (Lipinski definition) is 0. The topological polar surface area (TPSA) is 78.0 Å². The Hall–Kier alpha value is -2.21. The molecule has 0 amide bonds. The Morgan fingerprint density at radius 2 is 2.28 bits per heavy atom. The zero-order chi connectivity index (χ0) is 13.1. The highest BCUT2D eigenvalue weighted by Crippen LogP contribution is 2.24. The van der Waals surface area contributed by atoms with Gasteiger partial charge in [0.05, 0.1) is 11.5 Å². The molecule has 0 fully saturated rings. The molecule has 7 heteroatoms. The number of carbonyl (C=O) groups excluding carboxylic acids is 1. The maximum Gasteiger partial charge on any atom is 0.275 e. The van der Waals surface area contributed by atoms with Gasteiger partial charge in [0.15, 0.2) is 12.1 Å². The van der Waals surface area contributed by atoms with Gasteiger partial charge >= 0.3 is 0 Å². The summed E-state index contributed by atoms with van der Waals surface area (Å²) in [6.07, 6.45) is 3.65. The SMILES string of the molecule is O=Cc1nccn1Cc1ccc(Cl)cc1[N+](=O)[O-]. The van der Waals surface area contributed by atoms with E-state index >= 15 is 0 Å². The molecule has 0 N–H and O–H groups in total. The Labute approximate surface area is 107 Å². The van der Waals surface area contributed by atoms with E-state index in [2.05, 4.69) is 4.98 Å². The van der Waals surface area contributed by atoms with E-state index in [4.69, 9.17) is 11.6 Å². The van der Waals surface area contributed by atoms with Gasteiger partial charge in [0.1, 0.15) is 0 Å². The van der Waals surface area contributed by atoms with Crippen LogP contribution in [0.15, 0.2) is 30.6 Å². The molecule has 0 bridgehead atoms. The Morgan fingerprint density at radius 1 is 1.50 bits per heavy atom. The van der Waals surface area contributed by atoms with Crippen LogP contribution in [-0.4, -0.2) is 20.8 Å². The van der Waals surface area contributed by atoms with E-state index in [0.29, 0.717) is 16.9 Å². The van der Waals surface area contributed by atoms with Crippen LogP contribution in [0.1, 0.15) is 16.2 Å². The van der Waals surface area contributed by atoms with Crippen LogP contribution in [0, 0.1) is 10.1 Å². The second-order valence-corrected chi connectivity index (χ2v) is 4.00. The predicted molar refractivity (Wildman–Crippen MR) is 64.8 cm³/mol. The normalized spacial score (nSPS) is 10.3. The average Bonchev–Trinajstić information content (AvgIpc) is 2.78. The highest BCUT2D eigenvalue weighted by molar-refractivity contribution is 6.30. The molecule has 1 heterocycles. The summed E-state index contributed by atoms with van der Waals surface area (Å²) in [6.45, 7) is 0.196. The Bertz CT molecular complexity index is 609. The number of aromatic nitrogens is 2. The van der Waals surface area contributed by atoms with Crippen LogP contribution in [0.2, 0.25) is 5.02 Å². The first-order valence-electron chi connectivity index (χ1n) is 5.01. The van der Waals surface area contributed by atoms with Crippen LogP contribution in [0.25, 0.3) is 0 Å². The van der Waals surface area contributed by atoms with Crippen molar-refractivity contribution in [3.8, 4) is 0 Å². The van der Waals surface area contributed by atoms with E-state index < -0.39 is 4.92 Å². The number of carbonyl (C=O) groups is 1. The molecule has 92 valence electrons. The van der Waals surface area contributed by atoms with Crippen molar-refractivity contribution in [2.24, 2.45) is 0 Å². The number of aldehydes is 1. The second kappa shape index (κ2) is 4.97. The number of rotatable bonds is 4. The maximum absolute atomic E-state index is 10.9. The van der Waals surface area contributed by atoms with Crippen LogP contribution in [0.3, 0.4) is 0 Å².